The van der Waals surface area contributed by atoms with Gasteiger partial charge in [0, 0.05) is 6.07 Å². The highest BCUT2D eigenvalue weighted by Crippen LogP contribution is 2.43. The van der Waals surface area contributed by atoms with Gasteiger partial charge in [0.1, 0.15) is 11.5 Å². The average molecular weight is 277 g/mol. The van der Waals surface area contributed by atoms with Crippen molar-refractivity contribution in [3.05, 3.63) is 21.7 Å². The maximum absolute atomic E-state index is 6.29. The molecule has 0 aliphatic carbocycles. The quantitative estimate of drug-likeness (QED) is 0.761. The molecule has 0 saturated heterocycles. The fraction of sp³-hybridized carbons (Fsp3) is 0.538. The maximum Gasteiger partial charge on any atom is 0.141 e. The molecule has 2 nitrogen and oxygen atoms in total. The van der Waals surface area contributed by atoms with E-state index in [1.165, 1.54) is 0 Å². The van der Waals surface area contributed by atoms with Crippen molar-refractivity contribution in [3.8, 4) is 11.5 Å². The van der Waals surface area contributed by atoms with E-state index in [9.17, 15) is 0 Å². The summed E-state index contributed by atoms with van der Waals surface area (Å²) in [5.41, 5.74) is 0.878. The number of hydrogen-bond donors (Lipinski definition) is 0. The topological polar surface area (TPSA) is 18.5 Å². The first-order valence-electron chi connectivity index (χ1n) is 5.80. The van der Waals surface area contributed by atoms with E-state index in [1.807, 2.05) is 27.7 Å². The Morgan fingerprint density at radius 1 is 1.00 bits per heavy atom. The summed E-state index contributed by atoms with van der Waals surface area (Å²) in [5.74, 6) is 1.48. The monoisotopic (exact) mass is 276 g/mol. The number of ether oxygens (including phenoxy) is 2. The Balaban J connectivity index is 3.35. The van der Waals surface area contributed by atoms with Crippen molar-refractivity contribution in [2.45, 2.75) is 33.6 Å². The van der Waals surface area contributed by atoms with Gasteiger partial charge in [0.05, 0.1) is 23.3 Å². The third-order valence-electron chi connectivity index (χ3n) is 2.34. The van der Waals surface area contributed by atoms with Crippen LogP contribution in [0.5, 0.6) is 11.5 Å². The molecule has 4 heteroatoms. The first-order valence-corrected chi connectivity index (χ1v) is 6.55. The smallest absolute Gasteiger partial charge is 0.141 e. The number of halogens is 2. The lowest BCUT2D eigenvalue weighted by Crippen LogP contribution is -2.01. The van der Waals surface area contributed by atoms with E-state index >= 15 is 0 Å². The predicted molar refractivity (Wildman–Crippen MR) is 72.9 cm³/mol. The average Bonchev–Trinajstić information content (AvgIpc) is 2.25. The molecule has 0 heterocycles. The Kier molecular flexibility index (Phi) is 5.41. The van der Waals surface area contributed by atoms with Crippen molar-refractivity contribution in [1.82, 2.24) is 0 Å². The molecule has 0 aliphatic rings. The number of hydrogen-bond acceptors (Lipinski definition) is 2. The molecule has 0 radical (unpaired) electrons. The van der Waals surface area contributed by atoms with Gasteiger partial charge in [-0.2, -0.15) is 0 Å². The minimum Gasteiger partial charge on any atom is -0.492 e. The molecule has 0 amide bonds. The second-order valence-corrected chi connectivity index (χ2v) is 4.69. The van der Waals surface area contributed by atoms with Crippen molar-refractivity contribution in [3.63, 3.8) is 0 Å². The van der Waals surface area contributed by atoms with Crippen LogP contribution >= 0.6 is 23.2 Å². The van der Waals surface area contributed by atoms with Gasteiger partial charge in [-0.1, -0.05) is 37.0 Å². The zero-order valence-electron chi connectivity index (χ0n) is 10.6. The Hall–Kier alpha value is -0.600. The molecule has 0 atom stereocenters. The van der Waals surface area contributed by atoms with E-state index in [0.717, 1.165) is 5.56 Å². The summed E-state index contributed by atoms with van der Waals surface area (Å²) in [4.78, 5) is 0. The molecule has 0 fully saturated rings. The molecule has 17 heavy (non-hydrogen) atoms. The van der Waals surface area contributed by atoms with Crippen LogP contribution in [0.25, 0.3) is 0 Å². The lowest BCUT2D eigenvalue weighted by atomic mass is 10.0. The predicted octanol–water partition coefficient (Wildman–Crippen LogP) is 4.91. The Morgan fingerprint density at radius 3 is 1.71 bits per heavy atom. The summed E-state index contributed by atoms with van der Waals surface area (Å²) in [6, 6.07) is 1.75. The Labute approximate surface area is 113 Å². The summed E-state index contributed by atoms with van der Waals surface area (Å²) in [6.45, 7) is 9.03. The fourth-order valence-electron chi connectivity index (χ4n) is 1.64. The van der Waals surface area contributed by atoms with E-state index in [0.29, 0.717) is 34.8 Å². The summed E-state index contributed by atoms with van der Waals surface area (Å²) >= 11 is 12.6. The molecule has 0 unspecified atom stereocenters. The van der Waals surface area contributed by atoms with Crippen molar-refractivity contribution in [2.75, 3.05) is 13.2 Å². The number of benzene rings is 1. The molecule has 0 spiro atoms. The van der Waals surface area contributed by atoms with Crippen LogP contribution in [-0.2, 0) is 0 Å². The third-order valence-corrected chi connectivity index (χ3v) is 3.12. The minimum atomic E-state index is 0.217. The van der Waals surface area contributed by atoms with E-state index in [2.05, 4.69) is 0 Å². The standard InChI is InChI=1S/C13H18Cl2O2/c1-5-16-9-7-10(17-6-2)13(15)11(8(3)4)12(9)14/h7-8H,5-6H2,1-4H3. The summed E-state index contributed by atoms with van der Waals surface area (Å²) in [7, 11) is 0. The fourth-order valence-corrected chi connectivity index (χ4v) is 2.53. The normalized spacial score (nSPS) is 10.8. The molecule has 0 aromatic heterocycles. The molecule has 1 rings (SSSR count). The Bertz CT molecular complexity index is 359. The number of rotatable bonds is 5. The molecule has 0 saturated carbocycles. The van der Waals surface area contributed by atoms with Crippen LogP contribution in [0, 0.1) is 0 Å². The van der Waals surface area contributed by atoms with Gasteiger partial charge >= 0.3 is 0 Å². The van der Waals surface area contributed by atoms with Crippen LogP contribution in [0.1, 0.15) is 39.2 Å². The zero-order valence-corrected chi connectivity index (χ0v) is 12.2. The molecule has 96 valence electrons. The highest BCUT2D eigenvalue weighted by atomic mass is 35.5. The highest BCUT2D eigenvalue weighted by Gasteiger charge is 2.19. The highest BCUT2D eigenvalue weighted by molar-refractivity contribution is 6.38. The summed E-state index contributed by atoms with van der Waals surface area (Å²) in [5, 5.41) is 1.16. The lowest BCUT2D eigenvalue weighted by Gasteiger charge is -2.18. The zero-order chi connectivity index (χ0) is 13.0. The first-order chi connectivity index (χ1) is 8.02. The van der Waals surface area contributed by atoms with Gasteiger partial charge in [-0.3, -0.25) is 0 Å². The van der Waals surface area contributed by atoms with Gasteiger partial charge < -0.3 is 9.47 Å². The van der Waals surface area contributed by atoms with E-state index in [1.54, 1.807) is 6.07 Å². The van der Waals surface area contributed by atoms with Crippen LogP contribution in [0.3, 0.4) is 0 Å². The van der Waals surface area contributed by atoms with Crippen molar-refractivity contribution in [2.24, 2.45) is 0 Å². The van der Waals surface area contributed by atoms with Crippen LogP contribution in [0.15, 0.2) is 6.07 Å². The molecule has 0 aliphatic heterocycles. The molecular formula is C13H18Cl2O2. The largest absolute Gasteiger partial charge is 0.492 e. The van der Waals surface area contributed by atoms with E-state index < -0.39 is 0 Å². The van der Waals surface area contributed by atoms with Gasteiger partial charge in [0.2, 0.25) is 0 Å². The molecule has 0 bridgehead atoms. The van der Waals surface area contributed by atoms with Gasteiger partial charge in [-0.05, 0) is 25.3 Å². The second-order valence-electron chi connectivity index (χ2n) is 3.94. The SMILES string of the molecule is CCOc1cc(OCC)c(Cl)c(C(C)C)c1Cl. The van der Waals surface area contributed by atoms with Gasteiger partial charge in [-0.15, -0.1) is 0 Å². The van der Waals surface area contributed by atoms with E-state index in [-0.39, 0.29) is 5.92 Å². The third kappa shape index (κ3) is 3.20. The van der Waals surface area contributed by atoms with Crippen LogP contribution in [0.2, 0.25) is 10.0 Å². The first kappa shape index (κ1) is 14.5. The maximum atomic E-state index is 6.29. The summed E-state index contributed by atoms with van der Waals surface area (Å²) in [6.07, 6.45) is 0. The van der Waals surface area contributed by atoms with Gasteiger partial charge in [-0.25, -0.2) is 0 Å². The van der Waals surface area contributed by atoms with Crippen molar-refractivity contribution < 1.29 is 9.47 Å². The lowest BCUT2D eigenvalue weighted by molar-refractivity contribution is 0.322. The van der Waals surface area contributed by atoms with E-state index in [4.69, 9.17) is 32.7 Å². The molecule has 1 aromatic rings. The van der Waals surface area contributed by atoms with Crippen LogP contribution in [-0.4, -0.2) is 13.2 Å². The van der Waals surface area contributed by atoms with Crippen LogP contribution in [0.4, 0.5) is 0 Å². The second kappa shape index (κ2) is 6.36. The Morgan fingerprint density at radius 2 is 1.41 bits per heavy atom. The summed E-state index contributed by atoms with van der Waals surface area (Å²) < 4.78 is 11.0. The van der Waals surface area contributed by atoms with Crippen molar-refractivity contribution in [1.29, 1.82) is 0 Å². The molecule has 0 N–H and O–H groups in total. The van der Waals surface area contributed by atoms with Gasteiger partial charge in [0.25, 0.3) is 0 Å². The molecular weight excluding hydrogens is 259 g/mol. The van der Waals surface area contributed by atoms with Crippen molar-refractivity contribution >= 4 is 23.2 Å². The molecule has 1 aromatic carbocycles. The van der Waals surface area contributed by atoms with Gasteiger partial charge in [0.15, 0.2) is 0 Å². The minimum absolute atomic E-state index is 0.217. The van der Waals surface area contributed by atoms with Crippen LogP contribution < -0.4 is 9.47 Å².